The largest absolute Gasteiger partial charge is 0.508 e. The van der Waals surface area contributed by atoms with E-state index in [0.717, 1.165) is 22.3 Å². The monoisotopic (exact) mass is 906 g/mol. The van der Waals surface area contributed by atoms with Crippen molar-refractivity contribution in [3.8, 4) is 51.7 Å². The molecule has 2 aliphatic heterocycles. The third-order valence-corrected chi connectivity index (χ3v) is 12.7. The van der Waals surface area contributed by atoms with E-state index in [4.69, 9.17) is 28.4 Å². The molecule has 0 aliphatic carbocycles. The van der Waals surface area contributed by atoms with Gasteiger partial charge in [-0.15, -0.1) is 0 Å². The molecule has 2 heterocycles. The zero-order chi connectivity index (χ0) is 46.5. The Balaban J connectivity index is 1.14. The quantitative estimate of drug-likeness (QED) is 0.0787. The van der Waals surface area contributed by atoms with Gasteiger partial charge in [-0.3, -0.25) is 0 Å². The maximum Gasteiger partial charge on any atom is 0.167 e. The van der Waals surface area contributed by atoms with Gasteiger partial charge in [-0.05, 0) is 58.5 Å². The molecule has 0 saturated carbocycles. The summed E-state index contributed by atoms with van der Waals surface area (Å²) >= 11 is 0. The third-order valence-electron chi connectivity index (χ3n) is 12.7. The summed E-state index contributed by atoms with van der Waals surface area (Å²) in [5.74, 6) is 1.53. The first-order valence-electron chi connectivity index (χ1n) is 22.6. The van der Waals surface area contributed by atoms with Gasteiger partial charge in [0.1, 0.15) is 78.9 Å². The van der Waals surface area contributed by atoms with Gasteiger partial charge >= 0.3 is 0 Å². The molecule has 10 heteroatoms. The Labute approximate surface area is 394 Å². The van der Waals surface area contributed by atoms with E-state index in [2.05, 4.69) is 0 Å². The van der Waals surface area contributed by atoms with Gasteiger partial charge in [-0.25, -0.2) is 0 Å². The van der Waals surface area contributed by atoms with Crippen LogP contribution in [0.25, 0.3) is 0 Å². The molecule has 10 nitrogen and oxygen atoms in total. The fourth-order valence-electron chi connectivity index (χ4n) is 9.23. The minimum absolute atomic E-state index is 0.0618. The summed E-state index contributed by atoms with van der Waals surface area (Å²) in [6, 6.07) is 58.1. The Morgan fingerprint density at radius 3 is 1.60 bits per heavy atom. The molecular formula is C58H50O10. The third kappa shape index (κ3) is 9.32. The van der Waals surface area contributed by atoms with Crippen LogP contribution in [0.5, 0.6) is 51.7 Å². The van der Waals surface area contributed by atoms with Crippen molar-refractivity contribution in [2.24, 2.45) is 5.92 Å². The van der Waals surface area contributed by atoms with E-state index in [-0.39, 0.29) is 62.3 Å². The fraction of sp³-hybridized carbons (Fsp3) is 0.172. The molecule has 8 aromatic carbocycles. The van der Waals surface area contributed by atoms with Crippen LogP contribution in [0.4, 0.5) is 0 Å². The van der Waals surface area contributed by atoms with Crippen molar-refractivity contribution in [1.82, 2.24) is 0 Å². The van der Waals surface area contributed by atoms with Crippen molar-refractivity contribution in [3.05, 3.63) is 233 Å². The maximum atomic E-state index is 13.2. The molecule has 0 fully saturated rings. The lowest BCUT2D eigenvalue weighted by Gasteiger charge is -2.51. The molecule has 10 rings (SSSR count). The molecule has 4 atom stereocenters. The number of ether oxygens (including phenoxy) is 6. The summed E-state index contributed by atoms with van der Waals surface area (Å²) < 4.78 is 40.6. The second-order valence-electron chi connectivity index (χ2n) is 17.2. The number of hydrogen-bond donors (Lipinski definition) is 4. The number of benzene rings is 8. The summed E-state index contributed by atoms with van der Waals surface area (Å²) in [5, 5.41) is 45.8. The van der Waals surface area contributed by atoms with Gasteiger partial charge in [0.25, 0.3) is 0 Å². The highest BCUT2D eigenvalue weighted by Gasteiger charge is 2.57. The van der Waals surface area contributed by atoms with Crippen LogP contribution in [0.3, 0.4) is 0 Å². The molecule has 0 saturated heterocycles. The van der Waals surface area contributed by atoms with Crippen molar-refractivity contribution >= 4 is 0 Å². The van der Waals surface area contributed by atoms with Crippen LogP contribution in [-0.4, -0.2) is 26.5 Å². The number of aliphatic hydroxyl groups excluding tert-OH is 1. The lowest BCUT2D eigenvalue weighted by atomic mass is 9.67. The molecule has 2 unspecified atom stereocenters. The Morgan fingerprint density at radius 2 is 1.01 bits per heavy atom. The van der Waals surface area contributed by atoms with Gasteiger partial charge in [0.05, 0.1) is 5.92 Å². The number of aliphatic hydroxyl groups is 1. The molecule has 4 N–H and O–H groups in total. The molecule has 342 valence electrons. The minimum Gasteiger partial charge on any atom is -0.508 e. The van der Waals surface area contributed by atoms with Crippen LogP contribution >= 0.6 is 0 Å². The van der Waals surface area contributed by atoms with Crippen LogP contribution in [0.1, 0.15) is 50.6 Å². The van der Waals surface area contributed by atoms with Crippen molar-refractivity contribution in [2.45, 2.75) is 57.1 Å². The number of rotatable bonds is 15. The van der Waals surface area contributed by atoms with Crippen molar-refractivity contribution in [1.29, 1.82) is 0 Å². The van der Waals surface area contributed by atoms with E-state index in [9.17, 15) is 20.4 Å². The SMILES string of the molecule is Oc1ccc(C2Oc3cc(O)cc(O)c3CC2[C@]2(c3ccc(OCc4ccccc4)c(OCc4ccccc4)c3)Oc3cc(OCc4ccccc4)cc(OCc4ccccc4)c3C[C@H]2O)cc1. The van der Waals surface area contributed by atoms with Crippen LogP contribution in [0.15, 0.2) is 188 Å². The normalized spacial score (nSPS) is 18.2. The molecular weight excluding hydrogens is 857 g/mol. The number of hydrogen-bond acceptors (Lipinski definition) is 10. The van der Waals surface area contributed by atoms with Crippen molar-refractivity contribution in [3.63, 3.8) is 0 Å². The smallest absolute Gasteiger partial charge is 0.167 e. The molecule has 68 heavy (non-hydrogen) atoms. The Kier molecular flexibility index (Phi) is 12.5. The molecule has 0 bridgehead atoms. The average molecular weight is 907 g/mol. The van der Waals surface area contributed by atoms with E-state index in [1.54, 1.807) is 24.3 Å². The van der Waals surface area contributed by atoms with Crippen molar-refractivity contribution < 1.29 is 48.8 Å². The Morgan fingerprint density at radius 1 is 0.471 bits per heavy atom. The first kappa shape index (κ1) is 43.8. The van der Waals surface area contributed by atoms with E-state index >= 15 is 0 Å². The van der Waals surface area contributed by atoms with Crippen LogP contribution in [-0.2, 0) is 44.9 Å². The highest BCUT2D eigenvalue weighted by molar-refractivity contribution is 5.57. The summed E-state index contributed by atoms with van der Waals surface area (Å²) in [7, 11) is 0. The van der Waals surface area contributed by atoms with Crippen LogP contribution in [0.2, 0.25) is 0 Å². The highest BCUT2D eigenvalue weighted by Crippen LogP contribution is 2.57. The summed E-state index contributed by atoms with van der Waals surface area (Å²) in [6.07, 6.45) is -1.90. The Bertz CT molecular complexity index is 2970. The number of phenols is 3. The van der Waals surface area contributed by atoms with Gasteiger partial charge < -0.3 is 48.8 Å². The van der Waals surface area contributed by atoms with E-state index in [0.29, 0.717) is 51.0 Å². The number of fused-ring (bicyclic) bond motifs is 2. The van der Waals surface area contributed by atoms with E-state index < -0.39 is 23.7 Å². The van der Waals surface area contributed by atoms with Crippen LogP contribution < -0.4 is 28.4 Å². The predicted molar refractivity (Wildman–Crippen MR) is 256 cm³/mol. The minimum atomic E-state index is -1.64. The number of aromatic hydroxyl groups is 3. The first-order chi connectivity index (χ1) is 33.3. The fourth-order valence-corrected chi connectivity index (χ4v) is 9.23. The van der Waals surface area contributed by atoms with E-state index in [1.165, 1.54) is 12.1 Å². The molecule has 8 aromatic rings. The standard InChI is InChI=1S/C58H50O10/c59-44-24-21-42(22-25-44)57-49(32-47-50(61)28-45(60)29-53(47)67-57)58(43-23-26-51(64-35-39-15-7-2-8-16-39)55(27-43)66-37-41-19-11-4-12-20-41)56(62)33-48-52(65-36-40-17-9-3-10-18-40)30-46(31-54(48)68-58)63-34-38-13-5-1-6-14-38/h1-31,49,56-57,59-62H,32-37H2/t49?,56-,57?,58+/m1/s1. The molecule has 0 aromatic heterocycles. The lowest BCUT2D eigenvalue weighted by Crippen LogP contribution is -2.57. The van der Waals surface area contributed by atoms with Gasteiger partial charge in [0.2, 0.25) is 0 Å². The lowest BCUT2D eigenvalue weighted by molar-refractivity contribution is -0.142. The Hall–Kier alpha value is -8.08. The summed E-state index contributed by atoms with van der Waals surface area (Å²) in [4.78, 5) is 0. The second-order valence-corrected chi connectivity index (χ2v) is 17.2. The highest BCUT2D eigenvalue weighted by atomic mass is 16.5. The van der Waals surface area contributed by atoms with Gasteiger partial charge in [-0.2, -0.15) is 0 Å². The zero-order valence-corrected chi connectivity index (χ0v) is 37.1. The number of phenolic OH excluding ortho intramolecular Hbond substituents is 3. The predicted octanol–water partition coefficient (Wildman–Crippen LogP) is 11.3. The maximum absolute atomic E-state index is 13.2. The average Bonchev–Trinajstić information content (AvgIpc) is 3.37. The van der Waals surface area contributed by atoms with Gasteiger partial charge in [0, 0.05) is 47.4 Å². The van der Waals surface area contributed by atoms with Crippen LogP contribution in [0, 0.1) is 5.92 Å². The second kappa shape index (κ2) is 19.4. The van der Waals surface area contributed by atoms with E-state index in [1.807, 2.05) is 152 Å². The topological polar surface area (TPSA) is 136 Å². The first-order valence-corrected chi connectivity index (χ1v) is 22.6. The molecule has 0 spiro atoms. The summed E-state index contributed by atoms with van der Waals surface area (Å²) in [6.45, 7) is 1.04. The summed E-state index contributed by atoms with van der Waals surface area (Å²) in [5.41, 5.74) is 4.49. The molecule has 0 amide bonds. The van der Waals surface area contributed by atoms with Gasteiger partial charge in [0.15, 0.2) is 17.1 Å². The van der Waals surface area contributed by atoms with Crippen molar-refractivity contribution in [2.75, 3.05) is 0 Å². The zero-order valence-electron chi connectivity index (χ0n) is 37.1. The molecule has 0 radical (unpaired) electrons. The van der Waals surface area contributed by atoms with Gasteiger partial charge in [-0.1, -0.05) is 140 Å². The molecule has 2 aliphatic rings.